The maximum Gasteiger partial charge on any atom is 0.119 e. The number of benzene rings is 1. The van der Waals surface area contributed by atoms with E-state index in [0.717, 1.165) is 38.3 Å². The smallest absolute Gasteiger partial charge is 0.119 e. The molecule has 3 heteroatoms. The first-order valence-electron chi connectivity index (χ1n) is 7.83. The lowest BCUT2D eigenvalue weighted by molar-refractivity contribution is 0.131. The Bertz CT molecular complexity index is 406. The summed E-state index contributed by atoms with van der Waals surface area (Å²) in [5.41, 5.74) is 2.89. The molecule has 1 aliphatic rings. The summed E-state index contributed by atoms with van der Waals surface area (Å²) in [6.07, 6.45) is 5.84. The molecule has 0 saturated carbocycles. The molecule has 0 saturated heterocycles. The molecule has 112 valence electrons. The first-order chi connectivity index (χ1) is 9.85. The Morgan fingerprint density at radius 1 is 1.30 bits per heavy atom. The van der Waals surface area contributed by atoms with Gasteiger partial charge >= 0.3 is 0 Å². The largest absolute Gasteiger partial charge is 0.497 e. The maximum atomic E-state index is 5.52. The van der Waals surface area contributed by atoms with Crippen molar-refractivity contribution in [2.24, 2.45) is 0 Å². The summed E-state index contributed by atoms with van der Waals surface area (Å²) in [6.45, 7) is 4.92. The lowest BCUT2D eigenvalue weighted by Gasteiger charge is -2.27. The molecule has 1 N–H and O–H groups in total. The number of hydrogen-bond acceptors (Lipinski definition) is 3. The van der Waals surface area contributed by atoms with Crippen molar-refractivity contribution in [3.8, 4) is 5.75 Å². The van der Waals surface area contributed by atoms with Gasteiger partial charge < -0.3 is 14.8 Å². The van der Waals surface area contributed by atoms with E-state index in [9.17, 15) is 0 Å². The van der Waals surface area contributed by atoms with Crippen molar-refractivity contribution in [3.63, 3.8) is 0 Å². The minimum atomic E-state index is 0.496. The molecule has 1 aliphatic carbocycles. The van der Waals surface area contributed by atoms with Crippen molar-refractivity contribution < 1.29 is 9.47 Å². The van der Waals surface area contributed by atoms with Crippen LogP contribution in [-0.2, 0) is 11.2 Å². The average Bonchev–Trinajstić information content (AvgIpc) is 2.50. The van der Waals surface area contributed by atoms with Crippen molar-refractivity contribution in [1.29, 1.82) is 0 Å². The molecular formula is C17H27NO2. The first-order valence-corrected chi connectivity index (χ1v) is 7.83. The number of ether oxygens (including phenoxy) is 2. The van der Waals surface area contributed by atoms with Gasteiger partial charge in [0, 0.05) is 19.3 Å². The molecule has 0 amide bonds. The number of aryl methyl sites for hydroxylation is 1. The number of rotatable bonds is 8. The van der Waals surface area contributed by atoms with E-state index in [1.807, 2.05) is 0 Å². The van der Waals surface area contributed by atoms with Gasteiger partial charge in [-0.25, -0.2) is 0 Å². The summed E-state index contributed by atoms with van der Waals surface area (Å²) in [7, 11) is 1.73. The van der Waals surface area contributed by atoms with Crippen LogP contribution < -0.4 is 10.1 Å². The van der Waals surface area contributed by atoms with Crippen LogP contribution in [0.25, 0.3) is 0 Å². The number of hydrogen-bond donors (Lipinski definition) is 1. The second kappa shape index (κ2) is 8.28. The second-order valence-electron chi connectivity index (χ2n) is 5.43. The van der Waals surface area contributed by atoms with E-state index in [1.165, 1.54) is 30.4 Å². The Hall–Kier alpha value is -1.06. The van der Waals surface area contributed by atoms with Crippen LogP contribution in [0.1, 0.15) is 49.8 Å². The summed E-state index contributed by atoms with van der Waals surface area (Å²) >= 11 is 0. The van der Waals surface area contributed by atoms with Gasteiger partial charge in [0.15, 0.2) is 0 Å². The van der Waals surface area contributed by atoms with Gasteiger partial charge in [-0.3, -0.25) is 0 Å². The average molecular weight is 277 g/mol. The quantitative estimate of drug-likeness (QED) is 0.738. The molecule has 0 bridgehead atoms. The minimum absolute atomic E-state index is 0.496. The highest BCUT2D eigenvalue weighted by Crippen LogP contribution is 2.32. The Kier molecular flexibility index (Phi) is 6.34. The topological polar surface area (TPSA) is 30.5 Å². The molecule has 0 heterocycles. The summed E-state index contributed by atoms with van der Waals surface area (Å²) in [4.78, 5) is 0. The van der Waals surface area contributed by atoms with Crippen molar-refractivity contribution in [3.05, 3.63) is 29.3 Å². The van der Waals surface area contributed by atoms with Crippen LogP contribution in [0.5, 0.6) is 5.75 Å². The Balaban J connectivity index is 1.82. The van der Waals surface area contributed by atoms with Crippen molar-refractivity contribution >= 4 is 0 Å². The fourth-order valence-corrected chi connectivity index (χ4v) is 2.83. The number of methoxy groups -OCH3 is 1. The van der Waals surface area contributed by atoms with Gasteiger partial charge in [-0.15, -0.1) is 0 Å². The Morgan fingerprint density at radius 3 is 3.00 bits per heavy atom. The highest BCUT2D eigenvalue weighted by atomic mass is 16.5. The van der Waals surface area contributed by atoms with Crippen molar-refractivity contribution in [1.82, 2.24) is 5.32 Å². The molecule has 2 rings (SSSR count). The molecule has 20 heavy (non-hydrogen) atoms. The summed E-state index contributed by atoms with van der Waals surface area (Å²) < 4.78 is 10.8. The van der Waals surface area contributed by atoms with Crippen molar-refractivity contribution in [2.75, 3.05) is 26.9 Å². The predicted octanol–water partition coefficient (Wildman–Crippen LogP) is 3.48. The zero-order valence-corrected chi connectivity index (χ0v) is 12.8. The summed E-state index contributed by atoms with van der Waals surface area (Å²) in [6, 6.07) is 6.98. The molecule has 0 radical (unpaired) electrons. The summed E-state index contributed by atoms with van der Waals surface area (Å²) in [5.74, 6) is 0.970. The Labute approximate surface area is 122 Å². The molecule has 1 aromatic carbocycles. The third kappa shape index (κ3) is 4.22. The predicted molar refractivity (Wildman–Crippen MR) is 82.4 cm³/mol. The fourth-order valence-electron chi connectivity index (χ4n) is 2.83. The first kappa shape index (κ1) is 15.3. The van der Waals surface area contributed by atoms with Crippen LogP contribution in [0.2, 0.25) is 0 Å². The third-order valence-electron chi connectivity index (χ3n) is 3.87. The van der Waals surface area contributed by atoms with E-state index >= 15 is 0 Å². The van der Waals surface area contributed by atoms with E-state index in [1.54, 1.807) is 7.11 Å². The van der Waals surface area contributed by atoms with E-state index in [0.29, 0.717) is 6.04 Å². The van der Waals surface area contributed by atoms with Gasteiger partial charge in [0.05, 0.1) is 7.11 Å². The molecule has 1 aromatic rings. The van der Waals surface area contributed by atoms with Gasteiger partial charge in [-0.05, 0) is 61.9 Å². The van der Waals surface area contributed by atoms with E-state index in [-0.39, 0.29) is 0 Å². The SMILES string of the molecule is CCCOCCCNC1CCCc2cc(OC)ccc21. The molecule has 1 atom stereocenters. The third-order valence-corrected chi connectivity index (χ3v) is 3.87. The zero-order chi connectivity index (χ0) is 14.2. The van der Waals surface area contributed by atoms with E-state index < -0.39 is 0 Å². The molecule has 0 fully saturated rings. The van der Waals surface area contributed by atoms with Gasteiger partial charge in [0.1, 0.15) is 5.75 Å². The van der Waals surface area contributed by atoms with Gasteiger partial charge in [0.25, 0.3) is 0 Å². The van der Waals surface area contributed by atoms with Crippen molar-refractivity contribution in [2.45, 2.75) is 45.1 Å². The van der Waals surface area contributed by atoms with Crippen LogP contribution in [0, 0.1) is 0 Å². The molecule has 0 aliphatic heterocycles. The number of fused-ring (bicyclic) bond motifs is 1. The monoisotopic (exact) mass is 277 g/mol. The standard InChI is InChI=1S/C17H27NO2/c1-3-11-20-12-5-10-18-17-7-4-6-14-13-15(19-2)8-9-16(14)17/h8-9,13,17-18H,3-7,10-12H2,1-2H3. The van der Waals surface area contributed by atoms with Crippen LogP contribution >= 0.6 is 0 Å². The summed E-state index contributed by atoms with van der Waals surface area (Å²) in [5, 5.41) is 3.67. The molecule has 1 unspecified atom stereocenters. The Morgan fingerprint density at radius 2 is 2.20 bits per heavy atom. The molecule has 3 nitrogen and oxygen atoms in total. The molecule has 0 spiro atoms. The molecular weight excluding hydrogens is 250 g/mol. The minimum Gasteiger partial charge on any atom is -0.497 e. The maximum absolute atomic E-state index is 5.52. The van der Waals surface area contributed by atoms with Gasteiger partial charge in [-0.1, -0.05) is 13.0 Å². The normalized spacial score (nSPS) is 17.8. The molecule has 0 aromatic heterocycles. The zero-order valence-electron chi connectivity index (χ0n) is 12.8. The van der Waals surface area contributed by atoms with Gasteiger partial charge in [-0.2, -0.15) is 0 Å². The van der Waals surface area contributed by atoms with Gasteiger partial charge in [0.2, 0.25) is 0 Å². The van der Waals surface area contributed by atoms with Crippen LogP contribution in [-0.4, -0.2) is 26.9 Å². The second-order valence-corrected chi connectivity index (χ2v) is 5.43. The van der Waals surface area contributed by atoms with Crippen LogP contribution in [0.15, 0.2) is 18.2 Å². The van der Waals surface area contributed by atoms with Crippen LogP contribution in [0.3, 0.4) is 0 Å². The van der Waals surface area contributed by atoms with E-state index in [2.05, 4.69) is 30.4 Å². The number of nitrogens with one attached hydrogen (secondary N) is 1. The lowest BCUT2D eigenvalue weighted by Crippen LogP contribution is -2.26. The fraction of sp³-hybridized carbons (Fsp3) is 0.647. The lowest BCUT2D eigenvalue weighted by atomic mass is 9.87. The highest BCUT2D eigenvalue weighted by Gasteiger charge is 2.19. The van der Waals surface area contributed by atoms with E-state index in [4.69, 9.17) is 9.47 Å². The van der Waals surface area contributed by atoms with Crippen LogP contribution in [0.4, 0.5) is 0 Å². The highest BCUT2D eigenvalue weighted by molar-refractivity contribution is 5.39.